The standard InChI is InChI=1S/C10H15N3/c1-7(2)9-12-5-8(6-13-9)10(11)3-4-10/h5-7H,3-4,11H2,1-2H3. The lowest BCUT2D eigenvalue weighted by atomic mass is 10.1. The summed E-state index contributed by atoms with van der Waals surface area (Å²) in [5.41, 5.74) is 6.99. The monoisotopic (exact) mass is 177 g/mol. The molecule has 0 bridgehead atoms. The van der Waals surface area contributed by atoms with E-state index in [0.29, 0.717) is 5.92 Å². The molecule has 0 radical (unpaired) electrons. The van der Waals surface area contributed by atoms with Crippen molar-refractivity contribution in [1.29, 1.82) is 0 Å². The first-order valence-electron chi connectivity index (χ1n) is 4.73. The van der Waals surface area contributed by atoms with Crippen molar-refractivity contribution in [3.63, 3.8) is 0 Å². The van der Waals surface area contributed by atoms with Crippen molar-refractivity contribution in [3.05, 3.63) is 23.8 Å². The summed E-state index contributed by atoms with van der Waals surface area (Å²) < 4.78 is 0. The van der Waals surface area contributed by atoms with E-state index in [0.717, 1.165) is 24.2 Å². The van der Waals surface area contributed by atoms with E-state index in [-0.39, 0.29) is 5.54 Å². The Hall–Kier alpha value is -0.960. The lowest BCUT2D eigenvalue weighted by Gasteiger charge is -2.09. The second-order valence-corrected chi connectivity index (χ2v) is 4.14. The van der Waals surface area contributed by atoms with Crippen LogP contribution in [0, 0.1) is 0 Å². The van der Waals surface area contributed by atoms with E-state index < -0.39 is 0 Å². The molecule has 1 heterocycles. The van der Waals surface area contributed by atoms with Gasteiger partial charge in [0.05, 0.1) is 0 Å². The molecule has 0 aliphatic heterocycles. The SMILES string of the molecule is CC(C)c1ncc(C2(N)CC2)cn1. The van der Waals surface area contributed by atoms with Gasteiger partial charge < -0.3 is 5.73 Å². The Bertz CT molecular complexity index is 298. The molecule has 2 rings (SSSR count). The molecule has 0 aromatic carbocycles. The molecule has 0 saturated heterocycles. The zero-order valence-corrected chi connectivity index (χ0v) is 8.12. The lowest BCUT2D eigenvalue weighted by molar-refractivity contribution is 0.706. The molecule has 70 valence electrons. The van der Waals surface area contributed by atoms with E-state index in [1.54, 1.807) is 0 Å². The van der Waals surface area contributed by atoms with Gasteiger partial charge in [-0.1, -0.05) is 13.8 Å². The summed E-state index contributed by atoms with van der Waals surface area (Å²) in [4.78, 5) is 8.59. The summed E-state index contributed by atoms with van der Waals surface area (Å²) in [7, 11) is 0. The average molecular weight is 177 g/mol. The topological polar surface area (TPSA) is 51.8 Å². The normalized spacial score (nSPS) is 19.1. The van der Waals surface area contributed by atoms with Gasteiger partial charge in [0.1, 0.15) is 5.82 Å². The first-order chi connectivity index (χ1) is 6.12. The predicted molar refractivity (Wildman–Crippen MR) is 51.2 cm³/mol. The van der Waals surface area contributed by atoms with Crippen molar-refractivity contribution in [1.82, 2.24) is 9.97 Å². The fourth-order valence-corrected chi connectivity index (χ4v) is 1.32. The molecule has 1 saturated carbocycles. The second kappa shape index (κ2) is 2.77. The first-order valence-corrected chi connectivity index (χ1v) is 4.73. The van der Waals surface area contributed by atoms with Crippen LogP contribution in [0.4, 0.5) is 0 Å². The summed E-state index contributed by atoms with van der Waals surface area (Å²) in [6, 6.07) is 0. The molecule has 2 N–H and O–H groups in total. The molecule has 1 aliphatic carbocycles. The molecule has 0 amide bonds. The van der Waals surface area contributed by atoms with Crippen LogP contribution in [0.5, 0.6) is 0 Å². The number of nitrogens with two attached hydrogens (primary N) is 1. The van der Waals surface area contributed by atoms with Gasteiger partial charge in [0.15, 0.2) is 0 Å². The summed E-state index contributed by atoms with van der Waals surface area (Å²) in [6.45, 7) is 4.18. The minimum atomic E-state index is -0.102. The molecule has 0 unspecified atom stereocenters. The summed E-state index contributed by atoms with van der Waals surface area (Å²) in [5, 5.41) is 0. The van der Waals surface area contributed by atoms with Crippen LogP contribution < -0.4 is 5.73 Å². The molecule has 0 atom stereocenters. The molecule has 13 heavy (non-hydrogen) atoms. The van der Waals surface area contributed by atoms with Gasteiger partial charge in [-0.05, 0) is 12.8 Å². The molecule has 0 spiro atoms. The molecule has 1 fully saturated rings. The Balaban J connectivity index is 2.24. The van der Waals surface area contributed by atoms with E-state index in [1.807, 2.05) is 12.4 Å². The Morgan fingerprint density at radius 3 is 2.23 bits per heavy atom. The molecule has 1 aromatic rings. The summed E-state index contributed by atoms with van der Waals surface area (Å²) >= 11 is 0. The summed E-state index contributed by atoms with van der Waals surface area (Å²) in [6.07, 6.45) is 5.87. The molecule has 3 nitrogen and oxygen atoms in total. The highest BCUT2D eigenvalue weighted by atomic mass is 14.9. The minimum Gasteiger partial charge on any atom is -0.321 e. The van der Waals surface area contributed by atoms with Crippen LogP contribution in [0.3, 0.4) is 0 Å². The third-order valence-corrected chi connectivity index (χ3v) is 2.55. The van der Waals surface area contributed by atoms with Gasteiger partial charge in [0.25, 0.3) is 0 Å². The van der Waals surface area contributed by atoms with E-state index in [9.17, 15) is 0 Å². The third kappa shape index (κ3) is 1.56. The number of aromatic nitrogens is 2. The highest BCUT2D eigenvalue weighted by Crippen LogP contribution is 2.41. The van der Waals surface area contributed by atoms with Crippen LogP contribution in [0.25, 0.3) is 0 Å². The maximum absolute atomic E-state index is 6.01. The fourth-order valence-electron chi connectivity index (χ4n) is 1.32. The van der Waals surface area contributed by atoms with Gasteiger partial charge in [-0.25, -0.2) is 9.97 Å². The predicted octanol–water partition coefficient (Wildman–Crippen LogP) is 1.55. The van der Waals surface area contributed by atoms with Gasteiger partial charge in [-0.3, -0.25) is 0 Å². The van der Waals surface area contributed by atoms with Crippen molar-refractivity contribution < 1.29 is 0 Å². The number of nitrogens with zero attached hydrogens (tertiary/aromatic N) is 2. The molecular weight excluding hydrogens is 162 g/mol. The van der Waals surface area contributed by atoms with Crippen molar-refractivity contribution in [2.24, 2.45) is 5.73 Å². The Kier molecular flexibility index (Phi) is 1.84. The second-order valence-electron chi connectivity index (χ2n) is 4.14. The van der Waals surface area contributed by atoms with E-state index >= 15 is 0 Å². The van der Waals surface area contributed by atoms with Gasteiger partial charge in [-0.2, -0.15) is 0 Å². The average Bonchev–Trinajstić information content (AvgIpc) is 2.85. The van der Waals surface area contributed by atoms with E-state index in [4.69, 9.17) is 5.73 Å². The van der Waals surface area contributed by atoms with Gasteiger partial charge in [0.2, 0.25) is 0 Å². The van der Waals surface area contributed by atoms with Gasteiger partial charge in [0, 0.05) is 29.4 Å². The maximum Gasteiger partial charge on any atom is 0.130 e. The molecule has 1 aromatic heterocycles. The Labute approximate surface area is 78.4 Å². The number of rotatable bonds is 2. The third-order valence-electron chi connectivity index (χ3n) is 2.55. The van der Waals surface area contributed by atoms with Gasteiger partial charge in [-0.15, -0.1) is 0 Å². The van der Waals surface area contributed by atoms with E-state index in [2.05, 4.69) is 23.8 Å². The molecular formula is C10H15N3. The quantitative estimate of drug-likeness (QED) is 0.745. The van der Waals surface area contributed by atoms with Crippen molar-refractivity contribution in [2.75, 3.05) is 0 Å². The zero-order chi connectivity index (χ0) is 9.47. The lowest BCUT2D eigenvalue weighted by Crippen LogP contribution is -2.19. The van der Waals surface area contributed by atoms with Crippen LogP contribution >= 0.6 is 0 Å². The van der Waals surface area contributed by atoms with Crippen LogP contribution in [-0.2, 0) is 5.54 Å². The van der Waals surface area contributed by atoms with Crippen LogP contribution in [-0.4, -0.2) is 9.97 Å². The minimum absolute atomic E-state index is 0.102. The van der Waals surface area contributed by atoms with Crippen LogP contribution in [0.2, 0.25) is 0 Å². The highest BCUT2D eigenvalue weighted by molar-refractivity contribution is 5.24. The maximum atomic E-state index is 6.01. The van der Waals surface area contributed by atoms with Crippen LogP contribution in [0.15, 0.2) is 12.4 Å². The first kappa shape index (κ1) is 8.63. The molecule has 1 aliphatic rings. The Morgan fingerprint density at radius 1 is 1.31 bits per heavy atom. The fraction of sp³-hybridized carbons (Fsp3) is 0.600. The van der Waals surface area contributed by atoms with Gasteiger partial charge >= 0.3 is 0 Å². The number of hydrogen-bond acceptors (Lipinski definition) is 3. The Morgan fingerprint density at radius 2 is 1.85 bits per heavy atom. The smallest absolute Gasteiger partial charge is 0.130 e. The van der Waals surface area contributed by atoms with Crippen LogP contribution in [0.1, 0.15) is 44.0 Å². The largest absolute Gasteiger partial charge is 0.321 e. The zero-order valence-electron chi connectivity index (χ0n) is 8.12. The van der Waals surface area contributed by atoms with Crippen molar-refractivity contribution in [2.45, 2.75) is 38.1 Å². The van der Waals surface area contributed by atoms with E-state index in [1.165, 1.54) is 0 Å². The van der Waals surface area contributed by atoms with Crippen molar-refractivity contribution >= 4 is 0 Å². The molecule has 3 heteroatoms. The number of hydrogen-bond donors (Lipinski definition) is 1. The summed E-state index contributed by atoms with van der Waals surface area (Å²) in [5.74, 6) is 1.29. The van der Waals surface area contributed by atoms with Crippen molar-refractivity contribution in [3.8, 4) is 0 Å². The highest BCUT2D eigenvalue weighted by Gasteiger charge is 2.40.